The van der Waals surface area contributed by atoms with Crippen molar-refractivity contribution in [3.63, 3.8) is 0 Å². The molecule has 1 aromatic heterocycles. The van der Waals surface area contributed by atoms with E-state index in [1.807, 2.05) is 12.3 Å². The van der Waals surface area contributed by atoms with E-state index < -0.39 is 23.9 Å². The number of carboxylic acid groups (broad SMARTS) is 4. The molecule has 0 unspecified atom stereocenters. The zero-order chi connectivity index (χ0) is 34.0. The van der Waals surface area contributed by atoms with Crippen LogP contribution in [0.15, 0.2) is 47.4 Å². The summed E-state index contributed by atoms with van der Waals surface area (Å²) in [7, 11) is 4.17. The summed E-state index contributed by atoms with van der Waals surface area (Å²) >= 11 is 0. The number of rotatable bonds is 18. The Morgan fingerprint density at radius 1 is 0.804 bits per heavy atom. The van der Waals surface area contributed by atoms with E-state index in [0.29, 0.717) is 18.9 Å². The van der Waals surface area contributed by atoms with Gasteiger partial charge in [-0.1, -0.05) is 82.2 Å². The van der Waals surface area contributed by atoms with E-state index in [-0.39, 0.29) is 10.9 Å². The Morgan fingerprint density at radius 2 is 1.33 bits per heavy atom. The van der Waals surface area contributed by atoms with Crippen molar-refractivity contribution in [1.82, 2.24) is 14.8 Å². The van der Waals surface area contributed by atoms with Crippen molar-refractivity contribution in [2.24, 2.45) is 0 Å². The van der Waals surface area contributed by atoms with Crippen LogP contribution in [0.4, 0.5) is 0 Å². The molecule has 14 heteroatoms. The Labute approximate surface area is 269 Å². The number of carbonyl (C=O) groups is 4. The number of ether oxygens (including phenoxy) is 1. The normalized spacial score (nSPS) is 10.0. The molecule has 0 aliphatic carbocycles. The summed E-state index contributed by atoms with van der Waals surface area (Å²) in [5, 5.41) is 33.1. The van der Waals surface area contributed by atoms with Crippen LogP contribution < -0.4 is 15.5 Å². The first-order valence-electron chi connectivity index (χ1n) is 15.1. The van der Waals surface area contributed by atoms with E-state index in [0.717, 1.165) is 38.2 Å². The van der Waals surface area contributed by atoms with E-state index in [1.165, 1.54) is 50.5 Å². The van der Waals surface area contributed by atoms with Gasteiger partial charge in [-0.3, -0.25) is 4.79 Å². The second-order valence-corrected chi connectivity index (χ2v) is 10.5. The summed E-state index contributed by atoms with van der Waals surface area (Å²) in [6.45, 7) is 6.24. The van der Waals surface area contributed by atoms with Crippen molar-refractivity contribution >= 4 is 23.9 Å². The van der Waals surface area contributed by atoms with Crippen molar-refractivity contribution < 1.29 is 49.8 Å². The molecule has 0 amide bonds. The van der Waals surface area contributed by atoms with Crippen LogP contribution in [-0.2, 0) is 32.3 Å². The molecule has 0 fully saturated rings. The summed E-state index contributed by atoms with van der Waals surface area (Å²) in [6, 6.07) is 12.1. The van der Waals surface area contributed by atoms with Crippen LogP contribution in [-0.4, -0.2) is 93.0 Å². The summed E-state index contributed by atoms with van der Waals surface area (Å²) < 4.78 is 8.08. The molecule has 0 saturated heterocycles. The van der Waals surface area contributed by atoms with Crippen molar-refractivity contribution in [2.45, 2.75) is 77.8 Å². The van der Waals surface area contributed by atoms with E-state index in [4.69, 9.17) is 44.3 Å². The zero-order valence-electron chi connectivity index (χ0n) is 27.1. The number of nitrogens with one attached hydrogen (secondary N) is 1. The Kier molecular flexibility index (Phi) is 25.8. The molecule has 7 N–H and O–H groups in total. The molecule has 0 aliphatic heterocycles. The molecular weight excluding hydrogens is 602 g/mol. The Hall–Kier alpha value is -4.27. The van der Waals surface area contributed by atoms with Crippen LogP contribution in [0.5, 0.6) is 5.75 Å². The van der Waals surface area contributed by atoms with Crippen LogP contribution >= 0.6 is 0 Å². The Bertz CT molecular complexity index is 1150. The number of hydrogen-bond donors (Lipinski definition) is 5. The van der Waals surface area contributed by atoms with Gasteiger partial charge in [-0.25, -0.2) is 19.2 Å². The lowest BCUT2D eigenvalue weighted by Gasteiger charge is -2.17. The van der Waals surface area contributed by atoms with Crippen LogP contribution in [0.3, 0.4) is 0 Å². The number of unbranched alkanes of at least 4 members (excludes halogenated alkanes) is 7. The number of aliphatic carboxylic acids is 4. The molecule has 0 saturated carbocycles. The first kappa shape index (κ1) is 43.9. The van der Waals surface area contributed by atoms with Crippen LogP contribution in [0, 0.1) is 0 Å². The minimum atomic E-state index is -1.82. The zero-order valence-corrected chi connectivity index (χ0v) is 27.1. The molecule has 0 aliphatic rings. The highest BCUT2D eigenvalue weighted by atomic mass is 16.5. The molecule has 0 spiro atoms. The third-order valence-corrected chi connectivity index (χ3v) is 6.26. The lowest BCUT2D eigenvalue weighted by atomic mass is 10.1. The maximum atomic E-state index is 12.7. The Balaban J connectivity index is 0. The maximum Gasteiger partial charge on any atom is 0.414 e. The highest BCUT2D eigenvalue weighted by Crippen LogP contribution is 2.13. The number of benzene rings is 1. The molecular formula is C32H51N3O11. The Morgan fingerprint density at radius 3 is 1.83 bits per heavy atom. The average Bonchev–Trinajstić information content (AvgIpc) is 2.98. The van der Waals surface area contributed by atoms with Crippen LogP contribution in [0.2, 0.25) is 0 Å². The van der Waals surface area contributed by atoms with Gasteiger partial charge in [-0.15, -0.1) is 0 Å². The molecule has 0 atom stereocenters. The molecule has 2 rings (SSSR count). The van der Waals surface area contributed by atoms with Crippen molar-refractivity contribution in [1.29, 1.82) is 0 Å². The first-order chi connectivity index (χ1) is 21.4. The fraction of sp³-hybridized carbons (Fsp3) is 0.531. The SMILES string of the molecule is CCCCCCCCCCOc1cn(Cc2ccccc2)c(CNCCCN(C)C)cc1=O.O.O=C(O)C(=O)O.O=C(O)C(=O)O. The molecule has 260 valence electrons. The van der Waals surface area contributed by atoms with Gasteiger partial charge in [0.1, 0.15) is 0 Å². The van der Waals surface area contributed by atoms with Gasteiger partial charge in [0.15, 0.2) is 5.75 Å². The summed E-state index contributed by atoms with van der Waals surface area (Å²) in [4.78, 5) is 51.3. The summed E-state index contributed by atoms with van der Waals surface area (Å²) in [6.07, 6.45) is 13.0. The fourth-order valence-corrected chi connectivity index (χ4v) is 3.94. The van der Waals surface area contributed by atoms with Gasteiger partial charge in [0, 0.05) is 24.8 Å². The first-order valence-corrected chi connectivity index (χ1v) is 15.1. The van der Waals surface area contributed by atoms with Gasteiger partial charge in [0.2, 0.25) is 5.43 Å². The molecule has 14 nitrogen and oxygen atoms in total. The van der Waals surface area contributed by atoms with E-state index in [1.54, 1.807) is 6.07 Å². The third kappa shape index (κ3) is 23.2. The average molecular weight is 654 g/mol. The van der Waals surface area contributed by atoms with Gasteiger partial charge in [-0.2, -0.15) is 0 Å². The highest BCUT2D eigenvalue weighted by Gasteiger charge is 2.09. The molecule has 0 radical (unpaired) electrons. The second kappa shape index (κ2) is 27.1. The minimum absolute atomic E-state index is 0. The van der Waals surface area contributed by atoms with Gasteiger partial charge < -0.3 is 45.4 Å². The van der Waals surface area contributed by atoms with Crippen molar-refractivity contribution in [3.8, 4) is 5.75 Å². The van der Waals surface area contributed by atoms with Crippen molar-refractivity contribution in [3.05, 3.63) is 64.1 Å². The van der Waals surface area contributed by atoms with Crippen LogP contribution in [0.25, 0.3) is 0 Å². The predicted molar refractivity (Wildman–Crippen MR) is 173 cm³/mol. The highest BCUT2D eigenvalue weighted by molar-refractivity contribution is 6.27. The number of hydrogen-bond acceptors (Lipinski definition) is 8. The predicted octanol–water partition coefficient (Wildman–Crippen LogP) is 2.94. The topological polar surface area (TPSA) is 227 Å². The summed E-state index contributed by atoms with van der Waals surface area (Å²) in [5.41, 5.74) is 2.18. The number of carboxylic acids is 4. The lowest BCUT2D eigenvalue weighted by molar-refractivity contribution is -0.159. The number of nitrogens with zero attached hydrogens (tertiary/aromatic N) is 2. The quantitative estimate of drug-likeness (QED) is 0.116. The minimum Gasteiger partial charge on any atom is -0.488 e. The van der Waals surface area contributed by atoms with E-state index >= 15 is 0 Å². The number of aromatic nitrogens is 1. The van der Waals surface area contributed by atoms with Gasteiger partial charge >= 0.3 is 23.9 Å². The largest absolute Gasteiger partial charge is 0.488 e. The lowest BCUT2D eigenvalue weighted by Crippen LogP contribution is -2.24. The van der Waals surface area contributed by atoms with Crippen LogP contribution in [0.1, 0.15) is 76.0 Å². The smallest absolute Gasteiger partial charge is 0.414 e. The molecule has 46 heavy (non-hydrogen) atoms. The van der Waals surface area contributed by atoms with E-state index in [2.05, 4.69) is 60.1 Å². The monoisotopic (exact) mass is 653 g/mol. The van der Waals surface area contributed by atoms with Crippen molar-refractivity contribution in [2.75, 3.05) is 33.8 Å². The molecule has 0 bridgehead atoms. The molecule has 1 aromatic carbocycles. The third-order valence-electron chi connectivity index (χ3n) is 6.26. The van der Waals surface area contributed by atoms with Gasteiger partial charge in [0.05, 0.1) is 12.8 Å². The number of pyridine rings is 1. The second-order valence-electron chi connectivity index (χ2n) is 10.5. The fourth-order valence-electron chi connectivity index (χ4n) is 3.94. The molecule has 2 aromatic rings. The molecule has 1 heterocycles. The van der Waals surface area contributed by atoms with Gasteiger partial charge in [0.25, 0.3) is 0 Å². The standard InChI is InChI=1S/C28H45N3O2.2C2H2O4.H2O/c1-4-5-6-7-8-9-10-14-20-33-28-24-31(23-25-16-12-11-13-17-25)26(21-27(28)32)22-29-18-15-19-30(2)3;2*3-1(4)2(5)6;/h11-13,16-17,21,24,29H,4-10,14-15,18-20,22-23H2,1-3H3;2*(H,3,4)(H,5,6);1H2. The summed E-state index contributed by atoms with van der Waals surface area (Å²) in [5.74, 6) is -6.83. The van der Waals surface area contributed by atoms with Gasteiger partial charge in [-0.05, 0) is 45.6 Å². The van der Waals surface area contributed by atoms with E-state index in [9.17, 15) is 4.79 Å². The maximum absolute atomic E-state index is 12.7.